The van der Waals surface area contributed by atoms with Crippen LogP contribution >= 0.6 is 12.4 Å². The summed E-state index contributed by atoms with van der Waals surface area (Å²) in [7, 11) is 1.90. The lowest BCUT2D eigenvalue weighted by molar-refractivity contribution is -0.122. The van der Waals surface area contributed by atoms with Crippen molar-refractivity contribution in [2.24, 2.45) is 0 Å². The fraction of sp³-hybridized carbons (Fsp3) is 0.500. The molecule has 0 aliphatic heterocycles. The predicted octanol–water partition coefficient (Wildman–Crippen LogP) is 1.74. The second kappa shape index (κ2) is 12.0. The number of amides is 1. The first-order valence-corrected chi connectivity index (χ1v) is 6.36. The van der Waals surface area contributed by atoms with Crippen LogP contribution in [-0.4, -0.2) is 32.7 Å². The molecule has 1 aromatic carbocycles. The van der Waals surface area contributed by atoms with Gasteiger partial charge in [-0.2, -0.15) is 0 Å². The van der Waals surface area contributed by atoms with Crippen LogP contribution in [-0.2, 0) is 16.1 Å². The lowest BCUT2D eigenvalue weighted by Crippen LogP contribution is -2.27. The summed E-state index contributed by atoms with van der Waals surface area (Å²) < 4.78 is 5.44. The van der Waals surface area contributed by atoms with Crippen molar-refractivity contribution in [3.8, 4) is 0 Å². The molecule has 0 heterocycles. The summed E-state index contributed by atoms with van der Waals surface area (Å²) in [6.07, 6.45) is 1.37. The fourth-order valence-electron chi connectivity index (χ4n) is 1.51. The molecule has 0 aliphatic rings. The molecule has 0 saturated carbocycles. The molecule has 0 spiro atoms. The fourth-order valence-corrected chi connectivity index (χ4v) is 1.51. The number of halogens is 1. The molecule has 108 valence electrons. The van der Waals surface area contributed by atoms with Gasteiger partial charge in [-0.15, -0.1) is 12.4 Å². The van der Waals surface area contributed by atoms with Gasteiger partial charge >= 0.3 is 0 Å². The van der Waals surface area contributed by atoms with E-state index in [1.807, 2.05) is 37.4 Å². The molecule has 1 aromatic rings. The van der Waals surface area contributed by atoms with Crippen LogP contribution in [0.15, 0.2) is 30.3 Å². The highest BCUT2D eigenvalue weighted by atomic mass is 35.5. The van der Waals surface area contributed by atoms with Crippen LogP contribution in [0.1, 0.15) is 18.4 Å². The number of nitrogens with one attached hydrogen (secondary N) is 2. The topological polar surface area (TPSA) is 50.4 Å². The van der Waals surface area contributed by atoms with Crippen molar-refractivity contribution in [3.63, 3.8) is 0 Å². The highest BCUT2D eigenvalue weighted by Crippen LogP contribution is 2.00. The van der Waals surface area contributed by atoms with Crippen LogP contribution in [0.4, 0.5) is 0 Å². The van der Waals surface area contributed by atoms with Gasteiger partial charge in [0, 0.05) is 13.0 Å². The third kappa shape index (κ3) is 9.47. The molecule has 1 amide bonds. The quantitative estimate of drug-likeness (QED) is 0.680. The molecule has 19 heavy (non-hydrogen) atoms. The van der Waals surface area contributed by atoms with Gasteiger partial charge in [-0.05, 0) is 25.6 Å². The lowest BCUT2D eigenvalue weighted by atomic mass is 10.2. The molecular formula is C14H23ClN2O2. The van der Waals surface area contributed by atoms with Gasteiger partial charge in [-0.25, -0.2) is 0 Å². The zero-order valence-corrected chi connectivity index (χ0v) is 12.2. The molecule has 0 aliphatic carbocycles. The Balaban J connectivity index is 0.00000324. The maximum atomic E-state index is 11.4. The van der Waals surface area contributed by atoms with E-state index in [0.29, 0.717) is 19.6 Å². The molecule has 0 radical (unpaired) electrons. The summed E-state index contributed by atoms with van der Waals surface area (Å²) in [6, 6.07) is 9.96. The van der Waals surface area contributed by atoms with Crippen molar-refractivity contribution in [1.29, 1.82) is 0 Å². The summed E-state index contributed by atoms with van der Waals surface area (Å²) >= 11 is 0. The largest absolute Gasteiger partial charge is 0.376 e. The van der Waals surface area contributed by atoms with Crippen molar-refractivity contribution in [3.05, 3.63) is 35.9 Å². The second-order valence-corrected chi connectivity index (χ2v) is 4.10. The Morgan fingerprint density at radius 2 is 1.95 bits per heavy atom. The average Bonchev–Trinajstić information content (AvgIpc) is 2.41. The number of carbonyl (C=O) groups is 1. The average molecular weight is 287 g/mol. The molecule has 5 heteroatoms. The second-order valence-electron chi connectivity index (χ2n) is 4.10. The molecular weight excluding hydrogens is 264 g/mol. The van der Waals surface area contributed by atoms with E-state index in [0.717, 1.165) is 25.1 Å². The Morgan fingerprint density at radius 3 is 2.63 bits per heavy atom. The first-order chi connectivity index (χ1) is 8.83. The molecule has 4 nitrogen and oxygen atoms in total. The normalized spacial score (nSPS) is 9.74. The van der Waals surface area contributed by atoms with E-state index in [4.69, 9.17) is 4.74 Å². The molecule has 0 saturated heterocycles. The number of carbonyl (C=O) groups excluding carboxylic acids is 1. The maximum absolute atomic E-state index is 11.4. The molecule has 1 rings (SSSR count). The molecule has 0 unspecified atom stereocenters. The minimum absolute atomic E-state index is 0. The summed E-state index contributed by atoms with van der Waals surface area (Å²) in [5.74, 6) is 0.0548. The Bertz CT molecular complexity index is 333. The highest BCUT2D eigenvalue weighted by Gasteiger charge is 2.00. The summed E-state index contributed by atoms with van der Waals surface area (Å²) in [6.45, 7) is 2.67. The Morgan fingerprint density at radius 1 is 1.21 bits per heavy atom. The Labute approximate surface area is 121 Å². The van der Waals surface area contributed by atoms with E-state index >= 15 is 0 Å². The molecule has 2 N–H and O–H groups in total. The van der Waals surface area contributed by atoms with Crippen LogP contribution in [0, 0.1) is 0 Å². The minimum atomic E-state index is 0. The van der Waals surface area contributed by atoms with Gasteiger partial charge in [0.2, 0.25) is 5.91 Å². The summed E-state index contributed by atoms with van der Waals surface area (Å²) in [5.41, 5.74) is 1.13. The Kier molecular flexibility index (Phi) is 11.3. The van der Waals surface area contributed by atoms with Crippen molar-refractivity contribution < 1.29 is 9.53 Å². The number of hydrogen-bond donors (Lipinski definition) is 2. The number of ether oxygens (including phenoxy) is 1. The monoisotopic (exact) mass is 286 g/mol. The third-order valence-corrected chi connectivity index (χ3v) is 2.51. The van der Waals surface area contributed by atoms with Gasteiger partial charge < -0.3 is 15.4 Å². The van der Waals surface area contributed by atoms with Crippen LogP contribution in [0.2, 0.25) is 0 Å². The minimum Gasteiger partial charge on any atom is -0.376 e. The molecule has 0 bridgehead atoms. The van der Waals surface area contributed by atoms with Gasteiger partial charge in [-0.3, -0.25) is 4.79 Å². The van der Waals surface area contributed by atoms with Gasteiger partial charge in [0.25, 0.3) is 0 Å². The van der Waals surface area contributed by atoms with Crippen molar-refractivity contribution in [1.82, 2.24) is 10.6 Å². The van der Waals surface area contributed by atoms with Gasteiger partial charge in [0.1, 0.15) is 0 Å². The predicted molar refractivity (Wildman–Crippen MR) is 79.5 cm³/mol. The third-order valence-electron chi connectivity index (χ3n) is 2.51. The first kappa shape index (κ1) is 17.9. The van der Waals surface area contributed by atoms with Crippen molar-refractivity contribution in [2.45, 2.75) is 19.4 Å². The van der Waals surface area contributed by atoms with E-state index < -0.39 is 0 Å². The van der Waals surface area contributed by atoms with Gasteiger partial charge in [-0.1, -0.05) is 30.3 Å². The molecule has 0 atom stereocenters. The highest BCUT2D eigenvalue weighted by molar-refractivity contribution is 5.85. The van der Waals surface area contributed by atoms with Crippen molar-refractivity contribution >= 4 is 18.3 Å². The smallest absolute Gasteiger partial charge is 0.222 e. The van der Waals surface area contributed by atoms with Crippen LogP contribution in [0.25, 0.3) is 0 Å². The van der Waals surface area contributed by atoms with Crippen LogP contribution in [0.3, 0.4) is 0 Å². The lowest BCUT2D eigenvalue weighted by Gasteiger charge is -2.06. The van der Waals surface area contributed by atoms with E-state index in [1.165, 1.54) is 0 Å². The van der Waals surface area contributed by atoms with Crippen LogP contribution in [0.5, 0.6) is 0 Å². The van der Waals surface area contributed by atoms with E-state index in [2.05, 4.69) is 10.6 Å². The van der Waals surface area contributed by atoms with E-state index in [-0.39, 0.29) is 18.3 Å². The van der Waals surface area contributed by atoms with E-state index in [9.17, 15) is 4.79 Å². The first-order valence-electron chi connectivity index (χ1n) is 6.36. The number of rotatable bonds is 9. The molecule has 0 aromatic heterocycles. The SMILES string of the molecule is CNCCCNC(=O)CCOCc1ccccc1.Cl. The number of hydrogen-bond acceptors (Lipinski definition) is 3. The standard InChI is InChI=1S/C14H22N2O2.ClH/c1-15-9-5-10-16-14(17)8-11-18-12-13-6-3-2-4-7-13;/h2-4,6-7,15H,5,8-12H2,1H3,(H,16,17);1H. The molecule has 0 fully saturated rings. The van der Waals surface area contributed by atoms with Gasteiger partial charge in [0.05, 0.1) is 13.2 Å². The summed E-state index contributed by atoms with van der Waals surface area (Å²) in [4.78, 5) is 11.4. The van der Waals surface area contributed by atoms with Crippen molar-refractivity contribution in [2.75, 3.05) is 26.7 Å². The Hall–Kier alpha value is -1.10. The number of benzene rings is 1. The zero-order valence-electron chi connectivity index (χ0n) is 11.4. The summed E-state index contributed by atoms with van der Waals surface area (Å²) in [5, 5.41) is 5.89. The zero-order chi connectivity index (χ0) is 13.1. The van der Waals surface area contributed by atoms with Gasteiger partial charge in [0.15, 0.2) is 0 Å². The van der Waals surface area contributed by atoms with Crippen LogP contribution < -0.4 is 10.6 Å². The maximum Gasteiger partial charge on any atom is 0.222 e. The van der Waals surface area contributed by atoms with E-state index in [1.54, 1.807) is 0 Å².